The molecule has 1 aromatic carbocycles. The van der Waals surface area contributed by atoms with E-state index in [1.54, 1.807) is 0 Å². The van der Waals surface area contributed by atoms with E-state index in [-0.39, 0.29) is 0 Å². The molecule has 1 atom stereocenters. The molecule has 0 radical (unpaired) electrons. The fourth-order valence-corrected chi connectivity index (χ4v) is 2.34. The number of halogens is 2. The predicted octanol–water partition coefficient (Wildman–Crippen LogP) is 3.67. The Bertz CT molecular complexity index is 369. The topological polar surface area (TPSA) is 24.1 Å². The first-order chi connectivity index (χ1) is 8.49. The maximum Gasteiger partial charge on any atom is 0.0409 e. The minimum Gasteiger partial charge on any atom is -0.315 e. The third-order valence-electron chi connectivity index (χ3n) is 2.65. The highest BCUT2D eigenvalue weighted by Crippen LogP contribution is 2.17. The van der Waals surface area contributed by atoms with Gasteiger partial charge in [-0.2, -0.15) is 0 Å². The first-order valence-corrected chi connectivity index (χ1v) is 7.82. The van der Waals surface area contributed by atoms with Crippen LogP contribution in [0.5, 0.6) is 0 Å². The van der Waals surface area contributed by atoms with Gasteiger partial charge in [-0.3, -0.25) is 0 Å². The Balaban J connectivity index is 2.33. The van der Waals surface area contributed by atoms with Crippen LogP contribution in [0.25, 0.3) is 0 Å². The smallest absolute Gasteiger partial charge is 0.0409 e. The van der Waals surface area contributed by atoms with Gasteiger partial charge >= 0.3 is 0 Å². The lowest BCUT2D eigenvalue weighted by Gasteiger charge is -2.16. The van der Waals surface area contributed by atoms with Crippen molar-refractivity contribution in [1.29, 1.82) is 0 Å². The third kappa shape index (κ3) is 6.36. The van der Waals surface area contributed by atoms with Crippen molar-refractivity contribution < 1.29 is 0 Å². The van der Waals surface area contributed by atoms with E-state index in [1.165, 1.54) is 9.13 Å². The Morgan fingerprint density at radius 1 is 1.22 bits per heavy atom. The molecular formula is C14H22ClIN2. The lowest BCUT2D eigenvalue weighted by Crippen LogP contribution is -2.37. The summed E-state index contributed by atoms with van der Waals surface area (Å²) in [7, 11) is 0. The van der Waals surface area contributed by atoms with Crippen molar-refractivity contribution in [2.24, 2.45) is 5.92 Å². The molecule has 2 N–H and O–H groups in total. The second kappa shape index (κ2) is 8.35. The SMILES string of the molecule is CC(C)CNCC(C)NCc1cc(Cl)ccc1I. The van der Waals surface area contributed by atoms with E-state index in [1.807, 2.05) is 12.1 Å². The predicted molar refractivity (Wildman–Crippen MR) is 88.2 cm³/mol. The molecule has 0 saturated carbocycles. The van der Waals surface area contributed by atoms with Crippen molar-refractivity contribution >= 4 is 34.2 Å². The van der Waals surface area contributed by atoms with Crippen LogP contribution in [-0.2, 0) is 6.54 Å². The average Bonchev–Trinajstić information content (AvgIpc) is 2.30. The van der Waals surface area contributed by atoms with E-state index in [9.17, 15) is 0 Å². The standard InChI is InChI=1S/C14H22ClIN2/c1-10(2)7-17-8-11(3)18-9-12-6-13(15)4-5-14(12)16/h4-6,10-11,17-18H,7-9H2,1-3H3. The van der Waals surface area contributed by atoms with Gasteiger partial charge in [-0.15, -0.1) is 0 Å². The first-order valence-electron chi connectivity index (χ1n) is 6.37. The van der Waals surface area contributed by atoms with Gasteiger partial charge in [0.15, 0.2) is 0 Å². The van der Waals surface area contributed by atoms with E-state index in [0.717, 1.165) is 24.7 Å². The zero-order valence-corrected chi connectivity index (χ0v) is 14.2. The first kappa shape index (κ1) is 16.2. The Kier molecular flexibility index (Phi) is 7.53. The lowest BCUT2D eigenvalue weighted by atomic mass is 10.2. The summed E-state index contributed by atoms with van der Waals surface area (Å²) in [4.78, 5) is 0. The molecule has 0 aromatic heterocycles. The molecule has 1 aromatic rings. The second-order valence-corrected chi connectivity index (χ2v) is 6.67. The zero-order chi connectivity index (χ0) is 13.5. The monoisotopic (exact) mass is 380 g/mol. The molecule has 1 rings (SSSR count). The highest BCUT2D eigenvalue weighted by Gasteiger charge is 2.04. The van der Waals surface area contributed by atoms with Crippen molar-refractivity contribution in [3.63, 3.8) is 0 Å². The van der Waals surface area contributed by atoms with Crippen LogP contribution < -0.4 is 10.6 Å². The molecule has 0 amide bonds. The maximum atomic E-state index is 6.01. The van der Waals surface area contributed by atoms with Crippen molar-refractivity contribution in [2.75, 3.05) is 13.1 Å². The van der Waals surface area contributed by atoms with E-state index in [2.05, 4.69) is 60.1 Å². The summed E-state index contributed by atoms with van der Waals surface area (Å²) in [5.74, 6) is 0.700. The van der Waals surface area contributed by atoms with E-state index < -0.39 is 0 Å². The van der Waals surface area contributed by atoms with Crippen molar-refractivity contribution in [1.82, 2.24) is 10.6 Å². The number of nitrogens with one attached hydrogen (secondary N) is 2. The fourth-order valence-electron chi connectivity index (χ4n) is 1.62. The van der Waals surface area contributed by atoms with Gasteiger partial charge < -0.3 is 10.6 Å². The fraction of sp³-hybridized carbons (Fsp3) is 0.571. The van der Waals surface area contributed by atoms with Crippen LogP contribution in [0.15, 0.2) is 18.2 Å². The van der Waals surface area contributed by atoms with Gasteiger partial charge in [0.1, 0.15) is 0 Å². The van der Waals surface area contributed by atoms with Gasteiger partial charge in [0, 0.05) is 27.7 Å². The van der Waals surface area contributed by atoms with E-state index in [0.29, 0.717) is 12.0 Å². The van der Waals surface area contributed by atoms with Gasteiger partial charge in [-0.1, -0.05) is 25.4 Å². The molecule has 0 aliphatic heterocycles. The van der Waals surface area contributed by atoms with Crippen molar-refractivity contribution in [3.8, 4) is 0 Å². The number of hydrogen-bond donors (Lipinski definition) is 2. The lowest BCUT2D eigenvalue weighted by molar-refractivity contribution is 0.472. The molecule has 0 aliphatic rings. The molecule has 0 spiro atoms. The molecule has 0 aliphatic carbocycles. The van der Waals surface area contributed by atoms with Gasteiger partial charge in [-0.25, -0.2) is 0 Å². The quantitative estimate of drug-likeness (QED) is 0.705. The van der Waals surface area contributed by atoms with Gasteiger partial charge in [0.25, 0.3) is 0 Å². The Morgan fingerprint density at radius 3 is 2.61 bits per heavy atom. The minimum absolute atomic E-state index is 0.457. The summed E-state index contributed by atoms with van der Waals surface area (Å²) in [5.41, 5.74) is 1.26. The van der Waals surface area contributed by atoms with Crippen molar-refractivity contribution in [2.45, 2.75) is 33.4 Å². The Labute approximate surface area is 129 Å². The molecule has 0 saturated heterocycles. The second-order valence-electron chi connectivity index (χ2n) is 5.07. The molecule has 0 fully saturated rings. The normalized spacial score (nSPS) is 13.0. The summed E-state index contributed by atoms with van der Waals surface area (Å²) in [6, 6.07) is 6.48. The average molecular weight is 381 g/mol. The number of hydrogen-bond acceptors (Lipinski definition) is 2. The van der Waals surface area contributed by atoms with E-state index in [4.69, 9.17) is 11.6 Å². The van der Waals surface area contributed by atoms with Crippen molar-refractivity contribution in [3.05, 3.63) is 32.4 Å². The Hall–Kier alpha value is 0.160. The maximum absolute atomic E-state index is 6.01. The Morgan fingerprint density at radius 2 is 1.94 bits per heavy atom. The van der Waals surface area contributed by atoms with Crippen LogP contribution in [0.1, 0.15) is 26.3 Å². The van der Waals surface area contributed by atoms with Crippen LogP contribution in [-0.4, -0.2) is 19.1 Å². The molecule has 4 heteroatoms. The highest BCUT2D eigenvalue weighted by atomic mass is 127. The number of benzene rings is 1. The summed E-state index contributed by atoms with van der Waals surface area (Å²) in [6.07, 6.45) is 0. The molecule has 2 nitrogen and oxygen atoms in total. The molecule has 1 unspecified atom stereocenters. The minimum atomic E-state index is 0.457. The third-order valence-corrected chi connectivity index (χ3v) is 3.94. The number of rotatable bonds is 7. The zero-order valence-electron chi connectivity index (χ0n) is 11.3. The van der Waals surface area contributed by atoms with Crippen LogP contribution in [0.3, 0.4) is 0 Å². The van der Waals surface area contributed by atoms with Crippen LogP contribution in [0.4, 0.5) is 0 Å². The van der Waals surface area contributed by atoms with Gasteiger partial charge in [0.2, 0.25) is 0 Å². The van der Waals surface area contributed by atoms with Gasteiger partial charge in [0.05, 0.1) is 0 Å². The highest BCUT2D eigenvalue weighted by molar-refractivity contribution is 14.1. The molecular weight excluding hydrogens is 359 g/mol. The van der Waals surface area contributed by atoms with Gasteiger partial charge in [-0.05, 0) is 65.7 Å². The largest absolute Gasteiger partial charge is 0.315 e. The summed E-state index contributed by atoms with van der Waals surface area (Å²) >= 11 is 8.35. The summed E-state index contributed by atoms with van der Waals surface area (Å²) in [6.45, 7) is 9.57. The van der Waals surface area contributed by atoms with Crippen LogP contribution >= 0.6 is 34.2 Å². The molecule has 0 heterocycles. The van der Waals surface area contributed by atoms with Crippen LogP contribution in [0, 0.1) is 9.49 Å². The summed E-state index contributed by atoms with van der Waals surface area (Å²) in [5, 5.41) is 7.77. The molecule has 18 heavy (non-hydrogen) atoms. The molecule has 0 bridgehead atoms. The van der Waals surface area contributed by atoms with E-state index >= 15 is 0 Å². The van der Waals surface area contributed by atoms with Crippen LogP contribution in [0.2, 0.25) is 5.02 Å². The summed E-state index contributed by atoms with van der Waals surface area (Å²) < 4.78 is 1.26. The molecule has 102 valence electrons.